The van der Waals surface area contributed by atoms with Gasteiger partial charge in [0.2, 0.25) is 6.29 Å². The molecule has 2 aliphatic carbocycles. The Labute approximate surface area is 89.4 Å². The molecule has 3 aliphatic rings. The molecule has 2 bridgehead atoms. The second-order valence-electron chi connectivity index (χ2n) is 4.77. The number of hydrogen-bond acceptors (Lipinski definition) is 3. The van der Waals surface area contributed by atoms with Crippen molar-refractivity contribution >= 4 is 5.97 Å². The van der Waals surface area contributed by atoms with Crippen LogP contribution in [0.4, 0.5) is 0 Å². The van der Waals surface area contributed by atoms with Gasteiger partial charge in [0, 0.05) is 6.42 Å². The van der Waals surface area contributed by atoms with Gasteiger partial charge in [-0.15, -0.1) is 0 Å². The summed E-state index contributed by atoms with van der Waals surface area (Å²) >= 11 is 0. The minimum Gasteiger partial charge on any atom is -0.436 e. The molecule has 2 fully saturated rings. The Balaban J connectivity index is 1.58. The number of carbonyl (C=O) groups is 1. The van der Waals surface area contributed by atoms with Gasteiger partial charge in [0.15, 0.2) is 0 Å². The fourth-order valence-corrected chi connectivity index (χ4v) is 2.91. The maximum atomic E-state index is 11.9. The molecule has 0 radical (unpaired) electrons. The molecule has 4 atom stereocenters. The predicted molar refractivity (Wildman–Crippen MR) is 53.9 cm³/mol. The van der Waals surface area contributed by atoms with Crippen LogP contribution in [0.5, 0.6) is 0 Å². The van der Waals surface area contributed by atoms with Crippen LogP contribution in [-0.2, 0) is 14.3 Å². The molecular formula is C12H16O3. The number of rotatable bonds is 2. The monoisotopic (exact) mass is 208 g/mol. The van der Waals surface area contributed by atoms with E-state index in [-0.39, 0.29) is 18.2 Å². The highest BCUT2D eigenvalue weighted by Gasteiger charge is 2.41. The normalized spacial score (nSPS) is 42.4. The van der Waals surface area contributed by atoms with Gasteiger partial charge in [-0.2, -0.15) is 0 Å². The molecule has 82 valence electrons. The number of carbonyl (C=O) groups excluding carboxylic acids is 1. The zero-order valence-corrected chi connectivity index (χ0v) is 8.72. The smallest absolute Gasteiger partial charge is 0.311 e. The first-order valence-electron chi connectivity index (χ1n) is 5.83. The van der Waals surface area contributed by atoms with E-state index in [9.17, 15) is 4.79 Å². The van der Waals surface area contributed by atoms with Crippen LogP contribution in [0, 0.1) is 17.8 Å². The molecule has 0 unspecified atom stereocenters. The van der Waals surface area contributed by atoms with Crippen LogP contribution in [0.3, 0.4) is 0 Å². The van der Waals surface area contributed by atoms with Crippen LogP contribution in [0.25, 0.3) is 0 Å². The first-order chi connectivity index (χ1) is 7.33. The van der Waals surface area contributed by atoms with E-state index < -0.39 is 0 Å². The van der Waals surface area contributed by atoms with Crippen LogP contribution in [0.2, 0.25) is 0 Å². The molecule has 3 heteroatoms. The van der Waals surface area contributed by atoms with E-state index in [2.05, 4.69) is 12.2 Å². The molecule has 0 aromatic rings. The maximum absolute atomic E-state index is 11.9. The highest BCUT2D eigenvalue weighted by molar-refractivity contribution is 5.74. The van der Waals surface area contributed by atoms with Gasteiger partial charge in [-0.25, -0.2) is 0 Å². The van der Waals surface area contributed by atoms with E-state index in [1.165, 1.54) is 0 Å². The van der Waals surface area contributed by atoms with E-state index in [0.717, 1.165) is 32.3 Å². The SMILES string of the molecule is O=C(O[C@H]1CCCO1)[C@@H]1C[C@H]2C=C[C@@H]1C2. The number of esters is 1. The Morgan fingerprint density at radius 3 is 2.87 bits per heavy atom. The third-order valence-corrected chi connectivity index (χ3v) is 3.72. The lowest BCUT2D eigenvalue weighted by molar-refractivity contribution is -0.175. The summed E-state index contributed by atoms with van der Waals surface area (Å²) in [5.41, 5.74) is 0. The zero-order valence-electron chi connectivity index (χ0n) is 8.72. The summed E-state index contributed by atoms with van der Waals surface area (Å²) in [7, 11) is 0. The molecule has 0 spiro atoms. The van der Waals surface area contributed by atoms with Gasteiger partial charge in [0.05, 0.1) is 12.5 Å². The van der Waals surface area contributed by atoms with Crippen molar-refractivity contribution in [3.63, 3.8) is 0 Å². The first kappa shape index (κ1) is 9.40. The molecule has 15 heavy (non-hydrogen) atoms. The van der Waals surface area contributed by atoms with Crippen LogP contribution < -0.4 is 0 Å². The van der Waals surface area contributed by atoms with Gasteiger partial charge in [0.1, 0.15) is 0 Å². The third-order valence-electron chi connectivity index (χ3n) is 3.72. The number of allylic oxidation sites excluding steroid dienone is 2. The summed E-state index contributed by atoms with van der Waals surface area (Å²) in [6.07, 6.45) is 8.14. The molecule has 0 amide bonds. The van der Waals surface area contributed by atoms with Crippen molar-refractivity contribution in [2.45, 2.75) is 32.0 Å². The van der Waals surface area contributed by atoms with E-state index >= 15 is 0 Å². The second kappa shape index (κ2) is 3.63. The van der Waals surface area contributed by atoms with Gasteiger partial charge in [-0.05, 0) is 31.1 Å². The van der Waals surface area contributed by atoms with Gasteiger partial charge in [0.25, 0.3) is 0 Å². The fourth-order valence-electron chi connectivity index (χ4n) is 2.91. The molecule has 0 aromatic heterocycles. The highest BCUT2D eigenvalue weighted by Crippen LogP contribution is 2.44. The molecule has 0 N–H and O–H groups in total. The zero-order chi connectivity index (χ0) is 10.3. The highest BCUT2D eigenvalue weighted by atomic mass is 16.7. The van der Waals surface area contributed by atoms with E-state index in [1.54, 1.807) is 0 Å². The topological polar surface area (TPSA) is 35.5 Å². The maximum Gasteiger partial charge on any atom is 0.311 e. The van der Waals surface area contributed by atoms with E-state index in [1.807, 2.05) is 0 Å². The van der Waals surface area contributed by atoms with Crippen molar-refractivity contribution < 1.29 is 14.3 Å². The summed E-state index contributed by atoms with van der Waals surface area (Å²) in [6.45, 7) is 0.731. The van der Waals surface area contributed by atoms with Crippen molar-refractivity contribution in [3.8, 4) is 0 Å². The van der Waals surface area contributed by atoms with Gasteiger partial charge in [-0.1, -0.05) is 12.2 Å². The first-order valence-corrected chi connectivity index (χ1v) is 5.83. The average Bonchev–Trinajstić information content (AvgIpc) is 2.93. The molecular weight excluding hydrogens is 192 g/mol. The van der Waals surface area contributed by atoms with Crippen molar-refractivity contribution in [2.75, 3.05) is 6.61 Å². The van der Waals surface area contributed by atoms with Crippen molar-refractivity contribution in [1.82, 2.24) is 0 Å². The molecule has 1 saturated heterocycles. The Bertz CT molecular complexity index is 291. The number of hydrogen-bond donors (Lipinski definition) is 0. The van der Waals surface area contributed by atoms with Crippen molar-refractivity contribution in [1.29, 1.82) is 0 Å². The summed E-state index contributed by atoms with van der Waals surface area (Å²) < 4.78 is 10.7. The lowest BCUT2D eigenvalue weighted by Gasteiger charge is -2.19. The lowest BCUT2D eigenvalue weighted by Crippen LogP contribution is -2.26. The van der Waals surface area contributed by atoms with Crippen molar-refractivity contribution in [3.05, 3.63) is 12.2 Å². The molecule has 1 heterocycles. The summed E-state index contributed by atoms with van der Waals surface area (Å²) in [5.74, 6) is 1.11. The lowest BCUT2D eigenvalue weighted by atomic mass is 9.94. The molecule has 3 rings (SSSR count). The largest absolute Gasteiger partial charge is 0.436 e. The standard InChI is InChI=1S/C12H16O3/c13-12(15-11-2-1-5-14-11)10-7-8-3-4-9(10)6-8/h3-4,8-11H,1-2,5-7H2/t8-,9+,10+,11-/m0/s1. The minimum absolute atomic E-state index is 0.0428. The quantitative estimate of drug-likeness (QED) is 0.513. The predicted octanol–water partition coefficient (Wildman–Crippen LogP) is 1.88. The third kappa shape index (κ3) is 1.69. The number of fused-ring (bicyclic) bond motifs is 2. The average molecular weight is 208 g/mol. The molecule has 0 aromatic carbocycles. The van der Waals surface area contributed by atoms with Crippen molar-refractivity contribution in [2.24, 2.45) is 17.8 Å². The van der Waals surface area contributed by atoms with Crippen LogP contribution >= 0.6 is 0 Å². The fraction of sp³-hybridized carbons (Fsp3) is 0.750. The van der Waals surface area contributed by atoms with Gasteiger partial charge < -0.3 is 9.47 Å². The molecule has 1 aliphatic heterocycles. The summed E-state index contributed by atoms with van der Waals surface area (Å²) in [5, 5.41) is 0. The Morgan fingerprint density at radius 2 is 2.27 bits per heavy atom. The second-order valence-corrected chi connectivity index (χ2v) is 4.77. The Kier molecular flexibility index (Phi) is 2.28. The minimum atomic E-state index is -0.263. The summed E-state index contributed by atoms with van der Waals surface area (Å²) in [4.78, 5) is 11.9. The Morgan fingerprint density at radius 1 is 1.33 bits per heavy atom. The van der Waals surface area contributed by atoms with Crippen LogP contribution in [0.15, 0.2) is 12.2 Å². The summed E-state index contributed by atoms with van der Waals surface area (Å²) in [6, 6.07) is 0. The number of ether oxygens (including phenoxy) is 2. The van der Waals surface area contributed by atoms with E-state index in [4.69, 9.17) is 9.47 Å². The van der Waals surface area contributed by atoms with Gasteiger partial charge in [-0.3, -0.25) is 4.79 Å². The Hall–Kier alpha value is -0.830. The van der Waals surface area contributed by atoms with Crippen LogP contribution in [-0.4, -0.2) is 18.9 Å². The molecule has 3 nitrogen and oxygen atoms in total. The van der Waals surface area contributed by atoms with Crippen LogP contribution in [0.1, 0.15) is 25.7 Å². The van der Waals surface area contributed by atoms with E-state index in [0.29, 0.717) is 11.8 Å². The van der Waals surface area contributed by atoms with Gasteiger partial charge >= 0.3 is 5.97 Å². The molecule has 1 saturated carbocycles.